The molecule has 0 fully saturated rings. The predicted molar refractivity (Wildman–Crippen MR) is 119 cm³/mol. The first-order valence-corrected chi connectivity index (χ1v) is 9.75. The Bertz CT molecular complexity index is 1070. The molecule has 154 valence electrons. The summed E-state index contributed by atoms with van der Waals surface area (Å²) in [4.78, 5) is 24.1. The number of nitrogens with zero attached hydrogens (tertiary/aromatic N) is 1. The summed E-state index contributed by atoms with van der Waals surface area (Å²) in [7, 11) is 1.57. The van der Waals surface area contributed by atoms with Crippen LogP contribution in [-0.2, 0) is 16.1 Å². The van der Waals surface area contributed by atoms with Crippen molar-refractivity contribution in [1.29, 1.82) is 0 Å². The van der Waals surface area contributed by atoms with Gasteiger partial charge >= 0.3 is 11.8 Å². The quantitative estimate of drug-likeness (QED) is 0.374. The number of ether oxygens (including phenoxy) is 1. The number of hydrogen-bond acceptors (Lipinski definition) is 4. The third-order valence-electron chi connectivity index (χ3n) is 4.82. The van der Waals surface area contributed by atoms with Gasteiger partial charge in [-0.2, -0.15) is 5.10 Å². The van der Waals surface area contributed by atoms with Crippen LogP contribution >= 0.6 is 0 Å². The van der Waals surface area contributed by atoms with E-state index in [1.807, 2.05) is 60.7 Å². The highest BCUT2D eigenvalue weighted by atomic mass is 16.5. The fourth-order valence-electron chi connectivity index (χ4n) is 3.08. The minimum Gasteiger partial charge on any atom is -0.496 e. The van der Waals surface area contributed by atoms with Gasteiger partial charge in [0, 0.05) is 12.1 Å². The minimum atomic E-state index is -0.829. The molecule has 0 aliphatic heterocycles. The number of rotatable bonds is 6. The van der Waals surface area contributed by atoms with Gasteiger partial charge in [0.2, 0.25) is 0 Å². The predicted octanol–water partition coefficient (Wildman–Crippen LogP) is 3.74. The number of methoxy groups -OCH3 is 1. The molecule has 2 N–H and O–H groups in total. The van der Waals surface area contributed by atoms with Crippen LogP contribution < -0.4 is 15.5 Å². The SMILES string of the molecule is COc1ccc2ccccc2c1/C=N\NC(=O)C(=O)NCc1ccc(C(C)C)cc1. The molecule has 3 rings (SSSR count). The van der Waals surface area contributed by atoms with E-state index in [0.717, 1.165) is 21.9 Å². The van der Waals surface area contributed by atoms with Gasteiger partial charge in [-0.05, 0) is 33.9 Å². The van der Waals surface area contributed by atoms with Gasteiger partial charge < -0.3 is 10.1 Å². The van der Waals surface area contributed by atoms with Gasteiger partial charge in [-0.3, -0.25) is 9.59 Å². The van der Waals surface area contributed by atoms with Crippen LogP contribution in [0, 0.1) is 0 Å². The van der Waals surface area contributed by atoms with Crippen molar-refractivity contribution in [3.63, 3.8) is 0 Å². The molecular formula is C24H25N3O3. The van der Waals surface area contributed by atoms with Crippen LogP contribution in [0.1, 0.15) is 36.5 Å². The fraction of sp³-hybridized carbons (Fsp3) is 0.208. The lowest BCUT2D eigenvalue weighted by Crippen LogP contribution is -2.37. The monoisotopic (exact) mass is 403 g/mol. The Hall–Kier alpha value is -3.67. The smallest absolute Gasteiger partial charge is 0.329 e. The number of nitrogens with one attached hydrogen (secondary N) is 2. The summed E-state index contributed by atoms with van der Waals surface area (Å²) in [5, 5.41) is 8.50. The van der Waals surface area contributed by atoms with Gasteiger partial charge in [-0.25, -0.2) is 5.43 Å². The number of hydrazone groups is 1. The second-order valence-electron chi connectivity index (χ2n) is 7.18. The van der Waals surface area contributed by atoms with Crippen molar-refractivity contribution >= 4 is 28.8 Å². The van der Waals surface area contributed by atoms with E-state index in [9.17, 15) is 9.59 Å². The maximum Gasteiger partial charge on any atom is 0.329 e. The number of carbonyl (C=O) groups is 2. The Balaban J connectivity index is 1.60. The van der Waals surface area contributed by atoms with Crippen molar-refractivity contribution in [3.05, 3.63) is 77.4 Å². The Morgan fingerprint density at radius 3 is 2.43 bits per heavy atom. The van der Waals surface area contributed by atoms with Crippen molar-refractivity contribution in [1.82, 2.24) is 10.7 Å². The van der Waals surface area contributed by atoms with E-state index in [0.29, 0.717) is 11.7 Å². The summed E-state index contributed by atoms with van der Waals surface area (Å²) in [5.74, 6) is -0.507. The second-order valence-corrected chi connectivity index (χ2v) is 7.18. The second kappa shape index (κ2) is 9.69. The molecule has 0 unspecified atom stereocenters. The largest absolute Gasteiger partial charge is 0.496 e. The van der Waals surface area contributed by atoms with Gasteiger partial charge in [0.1, 0.15) is 5.75 Å². The lowest BCUT2D eigenvalue weighted by atomic mass is 10.0. The first-order chi connectivity index (χ1) is 14.5. The highest BCUT2D eigenvalue weighted by Gasteiger charge is 2.12. The zero-order valence-corrected chi connectivity index (χ0v) is 17.3. The average Bonchev–Trinajstić information content (AvgIpc) is 2.77. The third kappa shape index (κ3) is 5.03. The highest BCUT2D eigenvalue weighted by molar-refractivity contribution is 6.35. The maximum atomic E-state index is 12.0. The molecular weight excluding hydrogens is 378 g/mol. The van der Waals surface area contributed by atoms with E-state index >= 15 is 0 Å². The van der Waals surface area contributed by atoms with Crippen molar-refractivity contribution in [2.45, 2.75) is 26.3 Å². The number of carbonyl (C=O) groups excluding carboxylic acids is 2. The van der Waals surface area contributed by atoms with Gasteiger partial charge in [0.15, 0.2) is 0 Å². The van der Waals surface area contributed by atoms with Crippen molar-refractivity contribution in [2.24, 2.45) is 5.10 Å². The highest BCUT2D eigenvalue weighted by Crippen LogP contribution is 2.26. The lowest BCUT2D eigenvalue weighted by Gasteiger charge is -2.09. The van der Waals surface area contributed by atoms with Gasteiger partial charge in [-0.15, -0.1) is 0 Å². The number of benzene rings is 3. The molecule has 6 nitrogen and oxygen atoms in total. The van der Waals surface area contributed by atoms with Crippen molar-refractivity contribution in [2.75, 3.05) is 7.11 Å². The molecule has 6 heteroatoms. The Morgan fingerprint density at radius 1 is 1.00 bits per heavy atom. The molecule has 0 aromatic heterocycles. The van der Waals surface area contributed by atoms with Crippen LogP contribution in [0.3, 0.4) is 0 Å². The molecule has 0 aliphatic carbocycles. The molecule has 2 amide bonds. The third-order valence-corrected chi connectivity index (χ3v) is 4.82. The molecule has 0 atom stereocenters. The van der Waals surface area contributed by atoms with Crippen molar-refractivity contribution in [3.8, 4) is 5.75 Å². The first kappa shape index (κ1) is 21.0. The average molecular weight is 403 g/mol. The zero-order chi connectivity index (χ0) is 21.5. The summed E-state index contributed by atoms with van der Waals surface area (Å²) in [6.07, 6.45) is 1.48. The van der Waals surface area contributed by atoms with E-state index < -0.39 is 11.8 Å². The normalized spacial score (nSPS) is 11.1. The van der Waals surface area contributed by atoms with Crippen molar-refractivity contribution < 1.29 is 14.3 Å². The molecule has 0 bridgehead atoms. The summed E-state index contributed by atoms with van der Waals surface area (Å²) < 4.78 is 5.39. The van der Waals surface area contributed by atoms with Gasteiger partial charge in [0.05, 0.1) is 13.3 Å². The van der Waals surface area contributed by atoms with E-state index in [1.54, 1.807) is 7.11 Å². The molecule has 0 aliphatic rings. The summed E-state index contributed by atoms with van der Waals surface area (Å²) in [6, 6.07) is 19.5. The molecule has 0 radical (unpaired) electrons. The number of hydrogen-bond donors (Lipinski definition) is 2. The minimum absolute atomic E-state index is 0.269. The Morgan fingerprint density at radius 2 is 1.73 bits per heavy atom. The molecule has 3 aromatic carbocycles. The van der Waals surface area contributed by atoms with Crippen LogP contribution in [0.4, 0.5) is 0 Å². The van der Waals surface area contributed by atoms with E-state index in [-0.39, 0.29) is 6.54 Å². The number of fused-ring (bicyclic) bond motifs is 1. The van der Waals surface area contributed by atoms with Crippen LogP contribution in [0.2, 0.25) is 0 Å². The lowest BCUT2D eigenvalue weighted by molar-refractivity contribution is -0.139. The molecule has 0 spiro atoms. The summed E-state index contributed by atoms with van der Waals surface area (Å²) >= 11 is 0. The molecule has 0 saturated heterocycles. The van der Waals surface area contributed by atoms with Crippen LogP contribution in [0.25, 0.3) is 10.8 Å². The Kier molecular flexibility index (Phi) is 6.80. The van der Waals surface area contributed by atoms with E-state index in [2.05, 4.69) is 29.7 Å². The molecule has 3 aromatic rings. The molecule has 30 heavy (non-hydrogen) atoms. The van der Waals surface area contributed by atoms with Crippen LogP contribution in [-0.4, -0.2) is 25.1 Å². The van der Waals surface area contributed by atoms with E-state index in [1.165, 1.54) is 11.8 Å². The summed E-state index contributed by atoms with van der Waals surface area (Å²) in [5.41, 5.74) is 5.14. The molecule has 0 saturated carbocycles. The zero-order valence-electron chi connectivity index (χ0n) is 17.3. The van der Waals surface area contributed by atoms with Crippen LogP contribution in [0.15, 0.2) is 65.8 Å². The summed E-state index contributed by atoms with van der Waals surface area (Å²) in [6.45, 7) is 4.51. The fourth-order valence-corrected chi connectivity index (χ4v) is 3.08. The standard InChI is InChI=1S/C24H25N3O3/c1-16(2)18-10-8-17(9-11-18)14-25-23(28)24(29)27-26-15-21-20-7-5-4-6-19(20)12-13-22(21)30-3/h4-13,15-16H,14H2,1-3H3,(H,25,28)(H,27,29)/b26-15-. The molecule has 0 heterocycles. The Labute approximate surface area is 175 Å². The van der Waals surface area contributed by atoms with Gasteiger partial charge in [-0.1, -0.05) is 68.4 Å². The topological polar surface area (TPSA) is 79.8 Å². The number of amides is 2. The van der Waals surface area contributed by atoms with Crippen LogP contribution in [0.5, 0.6) is 5.75 Å². The van der Waals surface area contributed by atoms with E-state index in [4.69, 9.17) is 4.74 Å². The maximum absolute atomic E-state index is 12.0. The van der Waals surface area contributed by atoms with Gasteiger partial charge in [0.25, 0.3) is 0 Å². The first-order valence-electron chi connectivity index (χ1n) is 9.75.